The van der Waals surface area contributed by atoms with E-state index in [0.717, 1.165) is 16.4 Å². The zero-order valence-corrected chi connectivity index (χ0v) is 13.5. The second kappa shape index (κ2) is 5.43. The molecule has 0 amide bonds. The predicted octanol–water partition coefficient (Wildman–Crippen LogP) is 3.39. The number of hydrogen-bond acceptors (Lipinski definition) is 2. The lowest BCUT2D eigenvalue weighted by atomic mass is 9.78. The molecule has 0 radical (unpaired) electrons. The molecule has 0 spiro atoms. The molecule has 1 saturated heterocycles. The lowest BCUT2D eigenvalue weighted by Gasteiger charge is -2.32. The molecule has 0 aliphatic carbocycles. The second-order valence-electron chi connectivity index (χ2n) is 5.82. The summed E-state index contributed by atoms with van der Waals surface area (Å²) in [5.74, 6) is 0. The molecule has 0 atom stereocenters. The van der Waals surface area contributed by atoms with Crippen LogP contribution in [-0.4, -0.2) is 23.7 Å². The van der Waals surface area contributed by atoms with Crippen LogP contribution < -0.4 is 5.46 Å². The Morgan fingerprint density at radius 1 is 1.16 bits per heavy atom. The van der Waals surface area contributed by atoms with E-state index in [1.54, 1.807) is 0 Å². The maximum atomic E-state index is 6.05. The number of rotatable bonds is 3. The molecule has 1 aliphatic heterocycles. The fraction of sp³-hybridized carbons (Fsp3) is 0.467. The zero-order valence-electron chi connectivity index (χ0n) is 11.9. The topological polar surface area (TPSA) is 18.5 Å². The van der Waals surface area contributed by atoms with Gasteiger partial charge >= 0.3 is 7.12 Å². The van der Waals surface area contributed by atoms with Crippen molar-refractivity contribution >= 4 is 34.6 Å². The Morgan fingerprint density at radius 3 is 2.37 bits per heavy atom. The maximum absolute atomic E-state index is 6.05. The molecule has 2 nitrogen and oxygen atoms in total. The number of benzene rings is 1. The Labute approximate surface area is 124 Å². The van der Waals surface area contributed by atoms with E-state index in [1.807, 2.05) is 12.1 Å². The highest BCUT2D eigenvalue weighted by molar-refractivity contribution is 9.09. The standard InChI is InChI=1S/C15H20BBrO2/c1-14(2)15(3,4)19-16(18-14)13-9-5-7-12(11-13)8-6-10-17/h5-9,11H,10H2,1-4H3. The van der Waals surface area contributed by atoms with Crippen LogP contribution in [0.25, 0.3) is 6.08 Å². The van der Waals surface area contributed by atoms with Crippen molar-refractivity contribution in [3.63, 3.8) is 0 Å². The van der Waals surface area contributed by atoms with Crippen LogP contribution in [0, 0.1) is 0 Å². The first-order chi connectivity index (χ1) is 8.86. The smallest absolute Gasteiger partial charge is 0.399 e. The van der Waals surface area contributed by atoms with Gasteiger partial charge in [0.15, 0.2) is 0 Å². The fourth-order valence-electron chi connectivity index (χ4n) is 1.97. The van der Waals surface area contributed by atoms with Gasteiger partial charge in [-0.2, -0.15) is 0 Å². The van der Waals surface area contributed by atoms with Gasteiger partial charge in [-0.05, 0) is 38.7 Å². The van der Waals surface area contributed by atoms with Crippen LogP contribution in [0.5, 0.6) is 0 Å². The van der Waals surface area contributed by atoms with Crippen LogP contribution in [-0.2, 0) is 9.31 Å². The van der Waals surface area contributed by atoms with E-state index >= 15 is 0 Å². The van der Waals surface area contributed by atoms with E-state index in [-0.39, 0.29) is 18.3 Å². The van der Waals surface area contributed by atoms with E-state index in [0.29, 0.717) is 0 Å². The third-order valence-electron chi connectivity index (χ3n) is 3.84. The molecule has 0 unspecified atom stereocenters. The maximum Gasteiger partial charge on any atom is 0.494 e. The van der Waals surface area contributed by atoms with Crippen molar-refractivity contribution in [1.29, 1.82) is 0 Å². The molecular formula is C15H20BBrO2. The quantitative estimate of drug-likeness (QED) is 0.627. The summed E-state index contributed by atoms with van der Waals surface area (Å²) in [6.07, 6.45) is 4.16. The van der Waals surface area contributed by atoms with E-state index in [4.69, 9.17) is 9.31 Å². The molecule has 1 aromatic carbocycles. The first kappa shape index (κ1) is 14.8. The molecule has 0 bridgehead atoms. The van der Waals surface area contributed by atoms with Crippen LogP contribution in [0.4, 0.5) is 0 Å². The highest BCUT2D eigenvalue weighted by Crippen LogP contribution is 2.36. The minimum absolute atomic E-state index is 0.290. The number of hydrogen-bond donors (Lipinski definition) is 0. The average molecular weight is 323 g/mol. The molecule has 1 aromatic rings. The van der Waals surface area contributed by atoms with Crippen molar-refractivity contribution in [3.05, 3.63) is 35.9 Å². The normalized spacial score (nSPS) is 21.2. The molecule has 4 heteroatoms. The van der Waals surface area contributed by atoms with E-state index in [1.165, 1.54) is 0 Å². The summed E-state index contributed by atoms with van der Waals surface area (Å²) in [6.45, 7) is 8.28. The lowest BCUT2D eigenvalue weighted by Crippen LogP contribution is -2.41. The molecular weight excluding hydrogens is 303 g/mol. The molecule has 19 heavy (non-hydrogen) atoms. The van der Waals surface area contributed by atoms with Gasteiger partial charge in [-0.25, -0.2) is 0 Å². The summed E-state index contributed by atoms with van der Waals surface area (Å²) in [7, 11) is -0.290. The molecule has 0 N–H and O–H groups in total. The number of allylic oxidation sites excluding steroid dienone is 1. The summed E-state index contributed by atoms with van der Waals surface area (Å²) in [5.41, 5.74) is 1.64. The monoisotopic (exact) mass is 322 g/mol. The second-order valence-corrected chi connectivity index (χ2v) is 6.46. The average Bonchev–Trinajstić information content (AvgIpc) is 2.56. The zero-order chi connectivity index (χ0) is 14.1. The van der Waals surface area contributed by atoms with Crippen molar-refractivity contribution in [3.8, 4) is 0 Å². The van der Waals surface area contributed by atoms with Crippen molar-refractivity contribution < 1.29 is 9.31 Å². The highest BCUT2D eigenvalue weighted by Gasteiger charge is 2.51. The van der Waals surface area contributed by atoms with E-state index < -0.39 is 0 Å². The van der Waals surface area contributed by atoms with Gasteiger partial charge in [0.25, 0.3) is 0 Å². The third kappa shape index (κ3) is 3.12. The minimum atomic E-state index is -0.292. The van der Waals surface area contributed by atoms with Gasteiger partial charge in [0, 0.05) is 5.33 Å². The molecule has 0 aromatic heterocycles. The van der Waals surface area contributed by atoms with E-state index in [2.05, 4.69) is 67.9 Å². The van der Waals surface area contributed by atoms with Gasteiger partial charge in [0.05, 0.1) is 11.2 Å². The Balaban J connectivity index is 2.22. The summed E-state index contributed by atoms with van der Waals surface area (Å²) in [6, 6.07) is 8.27. The molecule has 102 valence electrons. The largest absolute Gasteiger partial charge is 0.494 e. The van der Waals surface area contributed by atoms with Crippen LogP contribution in [0.15, 0.2) is 30.3 Å². The summed E-state index contributed by atoms with van der Waals surface area (Å²) in [4.78, 5) is 0. The highest BCUT2D eigenvalue weighted by atomic mass is 79.9. The SMILES string of the molecule is CC1(C)OB(c2cccc(C=CCBr)c2)OC1(C)C. The van der Waals surface area contributed by atoms with Crippen molar-refractivity contribution in [1.82, 2.24) is 0 Å². The van der Waals surface area contributed by atoms with Crippen LogP contribution >= 0.6 is 15.9 Å². The van der Waals surface area contributed by atoms with Gasteiger partial charge in [-0.15, -0.1) is 0 Å². The Morgan fingerprint density at radius 2 is 1.79 bits per heavy atom. The molecule has 1 fully saturated rings. The van der Waals surface area contributed by atoms with Gasteiger partial charge < -0.3 is 9.31 Å². The van der Waals surface area contributed by atoms with Crippen LogP contribution in [0.2, 0.25) is 0 Å². The van der Waals surface area contributed by atoms with Gasteiger partial charge in [0.2, 0.25) is 0 Å². The Kier molecular flexibility index (Phi) is 4.24. The van der Waals surface area contributed by atoms with Gasteiger partial charge in [-0.1, -0.05) is 52.3 Å². The number of halogens is 1. The first-order valence-electron chi connectivity index (χ1n) is 6.54. The first-order valence-corrected chi connectivity index (χ1v) is 7.66. The van der Waals surface area contributed by atoms with Crippen molar-refractivity contribution in [2.45, 2.75) is 38.9 Å². The van der Waals surface area contributed by atoms with Crippen LogP contribution in [0.1, 0.15) is 33.3 Å². The lowest BCUT2D eigenvalue weighted by molar-refractivity contribution is 0.00578. The molecule has 0 saturated carbocycles. The van der Waals surface area contributed by atoms with Gasteiger partial charge in [-0.3, -0.25) is 0 Å². The number of alkyl halides is 1. The Hall–Kier alpha value is -0.575. The van der Waals surface area contributed by atoms with Crippen molar-refractivity contribution in [2.24, 2.45) is 0 Å². The molecule has 1 aliphatic rings. The molecule has 1 heterocycles. The van der Waals surface area contributed by atoms with Gasteiger partial charge in [0.1, 0.15) is 0 Å². The minimum Gasteiger partial charge on any atom is -0.399 e. The predicted molar refractivity (Wildman–Crippen MR) is 85.0 cm³/mol. The summed E-state index contributed by atoms with van der Waals surface area (Å²) in [5, 5.41) is 0.855. The Bertz CT molecular complexity index is 467. The van der Waals surface area contributed by atoms with Crippen LogP contribution in [0.3, 0.4) is 0 Å². The third-order valence-corrected chi connectivity index (χ3v) is 4.21. The van der Waals surface area contributed by atoms with Crippen molar-refractivity contribution in [2.75, 3.05) is 5.33 Å². The summed E-state index contributed by atoms with van der Waals surface area (Å²) >= 11 is 3.39. The molecule has 2 rings (SSSR count). The summed E-state index contributed by atoms with van der Waals surface area (Å²) < 4.78 is 12.1. The fourth-order valence-corrected chi connectivity index (χ4v) is 2.16. The van der Waals surface area contributed by atoms with E-state index in [9.17, 15) is 0 Å².